The molecule has 1 rings (SSSR count). The van der Waals surface area contributed by atoms with Crippen molar-refractivity contribution in [1.29, 1.82) is 0 Å². The van der Waals surface area contributed by atoms with Crippen LogP contribution in [0.1, 0.15) is 5.56 Å². The molecule has 90 valence electrons. The van der Waals surface area contributed by atoms with E-state index in [1.807, 2.05) is 30.3 Å². The Hall–Kier alpha value is -1.00. The van der Waals surface area contributed by atoms with E-state index in [2.05, 4.69) is 0 Å². The van der Waals surface area contributed by atoms with Gasteiger partial charge in [-0.25, -0.2) is 8.78 Å². The summed E-state index contributed by atoms with van der Waals surface area (Å²) in [6.45, 7) is 1.38. The summed E-state index contributed by atoms with van der Waals surface area (Å²) in [6, 6.07) is 9.86. The number of halogens is 2. The Labute approximate surface area is 95.1 Å². The van der Waals surface area contributed by atoms with E-state index < -0.39 is 6.43 Å². The minimum atomic E-state index is -2.29. The van der Waals surface area contributed by atoms with Gasteiger partial charge in [-0.05, 0) is 12.0 Å². The van der Waals surface area contributed by atoms with Gasteiger partial charge in [0.15, 0.2) is 0 Å². The van der Waals surface area contributed by atoms with Crippen molar-refractivity contribution >= 4 is 0 Å². The molecule has 0 heterocycles. The predicted octanol–water partition coefficient (Wildman–Crippen LogP) is 1.75. The summed E-state index contributed by atoms with van der Waals surface area (Å²) in [5.41, 5.74) is 6.55. The Balaban J connectivity index is 2.37. The van der Waals surface area contributed by atoms with Crippen LogP contribution in [-0.2, 0) is 6.42 Å². The van der Waals surface area contributed by atoms with Gasteiger partial charge in [-0.2, -0.15) is 0 Å². The Bertz CT molecular complexity index is 278. The smallest absolute Gasteiger partial charge is 0.251 e. The molecule has 0 atom stereocenters. The van der Waals surface area contributed by atoms with Crippen molar-refractivity contribution in [2.24, 2.45) is 5.73 Å². The lowest BCUT2D eigenvalue weighted by atomic mass is 10.1. The number of benzene rings is 1. The monoisotopic (exact) mass is 228 g/mol. The fourth-order valence-corrected chi connectivity index (χ4v) is 1.60. The lowest BCUT2D eigenvalue weighted by Crippen LogP contribution is -2.35. The average molecular weight is 228 g/mol. The van der Waals surface area contributed by atoms with Crippen molar-refractivity contribution in [1.82, 2.24) is 4.90 Å². The lowest BCUT2D eigenvalue weighted by molar-refractivity contribution is 0.0902. The van der Waals surface area contributed by atoms with Gasteiger partial charge in [0.05, 0.1) is 6.54 Å². The van der Waals surface area contributed by atoms with E-state index in [0.29, 0.717) is 19.6 Å². The van der Waals surface area contributed by atoms with Crippen LogP contribution < -0.4 is 5.73 Å². The van der Waals surface area contributed by atoms with Gasteiger partial charge in [0.1, 0.15) is 0 Å². The molecule has 0 amide bonds. The molecule has 16 heavy (non-hydrogen) atoms. The van der Waals surface area contributed by atoms with Crippen molar-refractivity contribution in [3.63, 3.8) is 0 Å². The molecule has 1 aromatic carbocycles. The topological polar surface area (TPSA) is 29.3 Å². The minimum Gasteiger partial charge on any atom is -0.329 e. The van der Waals surface area contributed by atoms with Gasteiger partial charge >= 0.3 is 0 Å². The SMILES string of the molecule is NCCN(CCc1ccccc1)CC(F)F. The summed E-state index contributed by atoms with van der Waals surface area (Å²) >= 11 is 0. The highest BCUT2D eigenvalue weighted by atomic mass is 19.3. The van der Waals surface area contributed by atoms with Gasteiger partial charge in [-0.3, -0.25) is 4.90 Å². The van der Waals surface area contributed by atoms with Crippen LogP contribution in [0, 0.1) is 0 Å². The number of hydrogen-bond donors (Lipinski definition) is 1. The van der Waals surface area contributed by atoms with E-state index in [1.54, 1.807) is 4.90 Å². The standard InChI is InChI=1S/C12H18F2N2/c13-12(14)10-16(9-7-15)8-6-11-4-2-1-3-5-11/h1-5,12H,6-10,15H2. The fourth-order valence-electron chi connectivity index (χ4n) is 1.60. The zero-order valence-electron chi connectivity index (χ0n) is 9.28. The van der Waals surface area contributed by atoms with Crippen molar-refractivity contribution in [3.8, 4) is 0 Å². The summed E-state index contributed by atoms with van der Waals surface area (Å²) in [7, 11) is 0. The molecule has 0 aliphatic carbocycles. The third-order valence-electron chi connectivity index (χ3n) is 2.40. The molecule has 0 aliphatic heterocycles. The van der Waals surface area contributed by atoms with E-state index in [-0.39, 0.29) is 6.54 Å². The molecule has 1 aromatic rings. The third-order valence-corrected chi connectivity index (χ3v) is 2.40. The summed E-state index contributed by atoms with van der Waals surface area (Å²) in [6.07, 6.45) is -1.50. The van der Waals surface area contributed by atoms with E-state index in [0.717, 1.165) is 6.42 Å². The minimum absolute atomic E-state index is 0.190. The van der Waals surface area contributed by atoms with Crippen LogP contribution in [0.3, 0.4) is 0 Å². The average Bonchev–Trinajstić information content (AvgIpc) is 2.27. The van der Waals surface area contributed by atoms with Gasteiger partial charge in [-0.1, -0.05) is 30.3 Å². The van der Waals surface area contributed by atoms with Crippen molar-refractivity contribution in [3.05, 3.63) is 35.9 Å². The summed E-state index contributed by atoms with van der Waals surface area (Å²) < 4.78 is 24.5. The molecule has 0 spiro atoms. The molecule has 0 aromatic heterocycles. The predicted molar refractivity (Wildman–Crippen MR) is 61.6 cm³/mol. The summed E-state index contributed by atoms with van der Waals surface area (Å²) in [5.74, 6) is 0. The second-order valence-electron chi connectivity index (χ2n) is 3.72. The molecule has 2 N–H and O–H groups in total. The molecule has 0 fully saturated rings. The van der Waals surface area contributed by atoms with Crippen LogP contribution in [0.5, 0.6) is 0 Å². The zero-order chi connectivity index (χ0) is 11.8. The van der Waals surface area contributed by atoms with Crippen LogP contribution in [0.2, 0.25) is 0 Å². The van der Waals surface area contributed by atoms with Gasteiger partial charge in [0.2, 0.25) is 0 Å². The van der Waals surface area contributed by atoms with Gasteiger partial charge < -0.3 is 5.73 Å². The van der Waals surface area contributed by atoms with Gasteiger partial charge in [0.25, 0.3) is 6.43 Å². The van der Waals surface area contributed by atoms with E-state index >= 15 is 0 Å². The van der Waals surface area contributed by atoms with Crippen LogP contribution in [0.4, 0.5) is 8.78 Å². The molecular weight excluding hydrogens is 210 g/mol. The normalized spacial score (nSPS) is 11.3. The first-order chi connectivity index (χ1) is 7.72. The molecule has 4 heteroatoms. The molecule has 2 nitrogen and oxygen atoms in total. The second kappa shape index (κ2) is 7.30. The Morgan fingerprint density at radius 2 is 1.81 bits per heavy atom. The Kier molecular flexibility index (Phi) is 5.96. The van der Waals surface area contributed by atoms with Crippen LogP contribution in [0.25, 0.3) is 0 Å². The Morgan fingerprint density at radius 1 is 1.12 bits per heavy atom. The van der Waals surface area contributed by atoms with Gasteiger partial charge in [0, 0.05) is 19.6 Å². The van der Waals surface area contributed by atoms with Crippen LogP contribution >= 0.6 is 0 Å². The lowest BCUT2D eigenvalue weighted by Gasteiger charge is -2.20. The van der Waals surface area contributed by atoms with Crippen molar-refractivity contribution in [2.45, 2.75) is 12.8 Å². The van der Waals surface area contributed by atoms with Crippen molar-refractivity contribution in [2.75, 3.05) is 26.2 Å². The molecule has 0 radical (unpaired) electrons. The number of alkyl halides is 2. The third kappa shape index (κ3) is 5.19. The van der Waals surface area contributed by atoms with Crippen LogP contribution in [0.15, 0.2) is 30.3 Å². The molecule has 0 bridgehead atoms. The summed E-state index contributed by atoms with van der Waals surface area (Å²) in [4.78, 5) is 1.71. The highest BCUT2D eigenvalue weighted by Gasteiger charge is 2.10. The highest BCUT2D eigenvalue weighted by molar-refractivity contribution is 5.14. The summed E-state index contributed by atoms with van der Waals surface area (Å²) in [5, 5.41) is 0. The molecular formula is C12H18F2N2. The van der Waals surface area contributed by atoms with Crippen molar-refractivity contribution < 1.29 is 8.78 Å². The van der Waals surface area contributed by atoms with E-state index in [4.69, 9.17) is 5.73 Å². The highest BCUT2D eigenvalue weighted by Crippen LogP contribution is 2.03. The molecule has 0 aliphatic rings. The zero-order valence-corrected chi connectivity index (χ0v) is 9.28. The first kappa shape index (κ1) is 13.1. The second-order valence-corrected chi connectivity index (χ2v) is 3.72. The molecule has 0 unspecified atom stereocenters. The van der Waals surface area contributed by atoms with Gasteiger partial charge in [-0.15, -0.1) is 0 Å². The van der Waals surface area contributed by atoms with E-state index in [9.17, 15) is 8.78 Å². The number of nitrogens with two attached hydrogens (primary N) is 1. The largest absolute Gasteiger partial charge is 0.329 e. The van der Waals surface area contributed by atoms with Crippen LogP contribution in [-0.4, -0.2) is 37.5 Å². The number of nitrogens with zero attached hydrogens (tertiary/aromatic N) is 1. The molecule has 0 saturated heterocycles. The first-order valence-electron chi connectivity index (χ1n) is 5.47. The Morgan fingerprint density at radius 3 is 2.38 bits per heavy atom. The van der Waals surface area contributed by atoms with E-state index in [1.165, 1.54) is 5.56 Å². The quantitative estimate of drug-likeness (QED) is 0.770. The number of rotatable bonds is 7. The first-order valence-corrected chi connectivity index (χ1v) is 5.47. The fraction of sp³-hybridized carbons (Fsp3) is 0.500. The molecule has 0 saturated carbocycles. The number of hydrogen-bond acceptors (Lipinski definition) is 2. The maximum atomic E-state index is 12.3. The maximum Gasteiger partial charge on any atom is 0.251 e. The maximum absolute atomic E-state index is 12.3.